The summed E-state index contributed by atoms with van der Waals surface area (Å²) in [4.78, 5) is 15.6. The minimum absolute atomic E-state index is 0.0134. The summed E-state index contributed by atoms with van der Waals surface area (Å²) in [6.07, 6.45) is 4.67. The molecule has 0 fully saturated rings. The van der Waals surface area contributed by atoms with E-state index in [0.717, 1.165) is 5.56 Å². The molecule has 0 saturated heterocycles. The third-order valence-electron chi connectivity index (χ3n) is 2.00. The highest BCUT2D eigenvalue weighted by Crippen LogP contribution is 2.14. The number of halogens is 2. The lowest BCUT2D eigenvalue weighted by atomic mass is 10.3. The van der Waals surface area contributed by atoms with Gasteiger partial charge in [0.25, 0.3) is 5.56 Å². The second-order valence-corrected chi connectivity index (χ2v) is 3.92. The smallest absolute Gasteiger partial charge is 0.266 e. The fourth-order valence-corrected chi connectivity index (χ4v) is 1.49. The van der Waals surface area contributed by atoms with Crippen LogP contribution in [0.1, 0.15) is 5.56 Å². The van der Waals surface area contributed by atoms with Crippen molar-refractivity contribution < 1.29 is 0 Å². The van der Waals surface area contributed by atoms with Crippen molar-refractivity contribution in [3.05, 3.63) is 56.7 Å². The van der Waals surface area contributed by atoms with Crippen LogP contribution in [-0.4, -0.2) is 14.8 Å². The molecule has 0 aliphatic rings. The Bertz CT molecular complexity index is 554. The zero-order valence-electron chi connectivity index (χ0n) is 8.10. The molecule has 0 aromatic carbocycles. The van der Waals surface area contributed by atoms with Crippen LogP contribution < -0.4 is 5.56 Å². The molecule has 0 amide bonds. The second-order valence-electron chi connectivity index (χ2n) is 3.13. The van der Waals surface area contributed by atoms with Crippen molar-refractivity contribution in [3.8, 4) is 0 Å². The predicted octanol–water partition coefficient (Wildman–Crippen LogP) is 1.99. The summed E-state index contributed by atoms with van der Waals surface area (Å²) in [6.45, 7) is 0.323. The van der Waals surface area contributed by atoms with Crippen molar-refractivity contribution in [3.63, 3.8) is 0 Å². The van der Waals surface area contributed by atoms with Gasteiger partial charge in [-0.3, -0.25) is 9.78 Å². The molecule has 2 aromatic rings. The van der Waals surface area contributed by atoms with Gasteiger partial charge in [0, 0.05) is 12.4 Å². The standard InChI is InChI=1S/C10H7Cl2N3O/c11-8-5-14-15(10(16)9(8)12)6-7-2-1-3-13-4-7/h1-5H,6H2. The first-order valence-corrected chi connectivity index (χ1v) is 5.24. The molecule has 0 N–H and O–H groups in total. The van der Waals surface area contributed by atoms with Gasteiger partial charge in [-0.05, 0) is 11.6 Å². The number of aromatic nitrogens is 3. The molecular formula is C10H7Cl2N3O. The molecule has 2 rings (SSSR count). The fraction of sp³-hybridized carbons (Fsp3) is 0.100. The van der Waals surface area contributed by atoms with E-state index >= 15 is 0 Å². The van der Waals surface area contributed by atoms with Crippen LogP contribution in [0.5, 0.6) is 0 Å². The predicted molar refractivity (Wildman–Crippen MR) is 61.9 cm³/mol. The van der Waals surface area contributed by atoms with Crippen LogP contribution in [0, 0.1) is 0 Å². The number of nitrogens with zero attached hydrogens (tertiary/aromatic N) is 3. The second kappa shape index (κ2) is 4.63. The molecule has 16 heavy (non-hydrogen) atoms. The number of hydrogen-bond acceptors (Lipinski definition) is 3. The first kappa shape index (κ1) is 11.1. The van der Waals surface area contributed by atoms with Crippen molar-refractivity contribution in [2.75, 3.05) is 0 Å². The van der Waals surface area contributed by atoms with Crippen molar-refractivity contribution in [1.82, 2.24) is 14.8 Å². The van der Waals surface area contributed by atoms with Crippen LogP contribution in [0.25, 0.3) is 0 Å². The molecule has 0 saturated carbocycles. The minimum Gasteiger partial charge on any atom is -0.266 e. The van der Waals surface area contributed by atoms with Crippen LogP contribution >= 0.6 is 23.2 Å². The third kappa shape index (κ3) is 2.23. The van der Waals surface area contributed by atoms with Crippen molar-refractivity contribution in [2.45, 2.75) is 6.54 Å². The monoisotopic (exact) mass is 255 g/mol. The van der Waals surface area contributed by atoms with Gasteiger partial charge in [0.1, 0.15) is 5.02 Å². The van der Waals surface area contributed by atoms with Gasteiger partial charge in [-0.15, -0.1) is 0 Å². The molecule has 0 unspecified atom stereocenters. The Morgan fingerprint density at radius 3 is 2.81 bits per heavy atom. The highest BCUT2D eigenvalue weighted by atomic mass is 35.5. The summed E-state index contributed by atoms with van der Waals surface area (Å²) in [5.74, 6) is 0. The Balaban J connectivity index is 2.37. The Hall–Kier alpha value is -1.39. The van der Waals surface area contributed by atoms with Crippen molar-refractivity contribution in [2.24, 2.45) is 0 Å². The zero-order valence-corrected chi connectivity index (χ0v) is 9.61. The number of rotatable bonds is 2. The van der Waals surface area contributed by atoms with E-state index in [2.05, 4.69) is 10.1 Å². The highest BCUT2D eigenvalue weighted by molar-refractivity contribution is 6.41. The van der Waals surface area contributed by atoms with Gasteiger partial charge in [0.05, 0.1) is 17.8 Å². The minimum atomic E-state index is -0.405. The Morgan fingerprint density at radius 1 is 1.31 bits per heavy atom. The van der Waals surface area contributed by atoms with E-state index in [4.69, 9.17) is 23.2 Å². The fourth-order valence-electron chi connectivity index (χ4n) is 1.22. The number of hydrogen-bond donors (Lipinski definition) is 0. The molecule has 4 nitrogen and oxygen atoms in total. The molecule has 82 valence electrons. The van der Waals surface area contributed by atoms with Gasteiger partial charge in [-0.1, -0.05) is 29.3 Å². The average Bonchev–Trinajstić information content (AvgIpc) is 2.31. The molecule has 0 atom stereocenters. The molecule has 0 bridgehead atoms. The maximum atomic E-state index is 11.7. The molecule has 0 radical (unpaired) electrons. The topological polar surface area (TPSA) is 47.8 Å². The first-order valence-electron chi connectivity index (χ1n) is 4.48. The summed E-state index contributed by atoms with van der Waals surface area (Å²) in [7, 11) is 0. The third-order valence-corrected chi connectivity index (χ3v) is 2.75. The lowest BCUT2D eigenvalue weighted by Crippen LogP contribution is -2.23. The summed E-state index contributed by atoms with van der Waals surface area (Å²) < 4.78 is 1.24. The Morgan fingerprint density at radius 2 is 2.12 bits per heavy atom. The van der Waals surface area contributed by atoms with Crippen molar-refractivity contribution >= 4 is 23.2 Å². The molecule has 0 aliphatic carbocycles. The van der Waals surface area contributed by atoms with E-state index in [9.17, 15) is 4.79 Å². The van der Waals surface area contributed by atoms with Crippen LogP contribution in [-0.2, 0) is 6.54 Å². The maximum absolute atomic E-state index is 11.7. The highest BCUT2D eigenvalue weighted by Gasteiger charge is 2.07. The SMILES string of the molecule is O=c1c(Cl)c(Cl)cnn1Cc1cccnc1. The van der Waals surface area contributed by atoms with Crippen LogP contribution in [0.2, 0.25) is 10.0 Å². The largest absolute Gasteiger partial charge is 0.287 e. The average molecular weight is 256 g/mol. The van der Waals surface area contributed by atoms with E-state index in [1.807, 2.05) is 6.07 Å². The normalized spacial score (nSPS) is 10.4. The lowest BCUT2D eigenvalue weighted by Gasteiger charge is -2.04. The summed E-state index contributed by atoms with van der Waals surface area (Å²) in [6, 6.07) is 3.64. The molecular weight excluding hydrogens is 249 g/mol. The summed E-state index contributed by atoms with van der Waals surface area (Å²) in [5.41, 5.74) is 0.466. The first-order chi connectivity index (χ1) is 7.68. The van der Waals surface area contributed by atoms with E-state index in [-0.39, 0.29) is 10.0 Å². The molecule has 6 heteroatoms. The lowest BCUT2D eigenvalue weighted by molar-refractivity contribution is 0.638. The molecule has 0 spiro atoms. The van der Waals surface area contributed by atoms with E-state index < -0.39 is 5.56 Å². The van der Waals surface area contributed by atoms with Gasteiger partial charge >= 0.3 is 0 Å². The van der Waals surface area contributed by atoms with Gasteiger partial charge in [-0.2, -0.15) is 5.10 Å². The van der Waals surface area contributed by atoms with Gasteiger partial charge < -0.3 is 0 Å². The van der Waals surface area contributed by atoms with E-state index in [1.165, 1.54) is 10.9 Å². The van der Waals surface area contributed by atoms with Crippen LogP contribution in [0.3, 0.4) is 0 Å². The van der Waals surface area contributed by atoms with Gasteiger partial charge in [0.2, 0.25) is 0 Å². The molecule has 0 aliphatic heterocycles. The Labute approximate surface area is 101 Å². The van der Waals surface area contributed by atoms with Gasteiger partial charge in [-0.25, -0.2) is 4.68 Å². The maximum Gasteiger partial charge on any atom is 0.287 e. The number of pyridine rings is 1. The zero-order chi connectivity index (χ0) is 11.5. The summed E-state index contributed by atoms with van der Waals surface area (Å²) >= 11 is 11.4. The van der Waals surface area contributed by atoms with Gasteiger partial charge in [0.15, 0.2) is 0 Å². The van der Waals surface area contributed by atoms with Crippen LogP contribution in [0.4, 0.5) is 0 Å². The Kier molecular flexibility index (Phi) is 3.22. The summed E-state index contributed by atoms with van der Waals surface area (Å²) in [5, 5.41) is 4.04. The quantitative estimate of drug-likeness (QED) is 0.825. The van der Waals surface area contributed by atoms with E-state index in [0.29, 0.717) is 6.54 Å². The van der Waals surface area contributed by atoms with Crippen molar-refractivity contribution in [1.29, 1.82) is 0 Å². The molecule has 2 heterocycles. The van der Waals surface area contributed by atoms with Crippen LogP contribution in [0.15, 0.2) is 35.5 Å². The molecule has 2 aromatic heterocycles. The van der Waals surface area contributed by atoms with E-state index in [1.54, 1.807) is 18.5 Å².